The topological polar surface area (TPSA) is 58.1 Å². The van der Waals surface area contributed by atoms with Crippen LogP contribution in [0.4, 0.5) is 0 Å². The van der Waals surface area contributed by atoms with Gasteiger partial charge in [-0.25, -0.2) is 4.98 Å². The van der Waals surface area contributed by atoms with E-state index >= 15 is 0 Å². The van der Waals surface area contributed by atoms with Crippen LogP contribution < -0.4 is 4.74 Å². The monoisotopic (exact) mass is 308 g/mol. The number of methoxy groups -OCH3 is 1. The van der Waals surface area contributed by atoms with E-state index in [1.54, 1.807) is 30.3 Å². The van der Waals surface area contributed by atoms with Gasteiger partial charge in [0.2, 0.25) is 0 Å². The first-order valence-corrected chi connectivity index (χ1v) is 6.56. The molecule has 3 rings (SSSR count). The van der Waals surface area contributed by atoms with Crippen molar-refractivity contribution in [3.8, 4) is 22.9 Å². The standard InChI is InChI=1S/C14H10Cl2N2O2/c1-20-13-3-2-7(4-12(13)19)14-17-10-5-8(15)9(16)6-11(10)18-14/h2-6,19H,1H3,(H,17,18). The van der Waals surface area contributed by atoms with E-state index in [1.807, 2.05) is 0 Å². The van der Waals surface area contributed by atoms with Crippen molar-refractivity contribution in [2.45, 2.75) is 0 Å². The van der Waals surface area contributed by atoms with E-state index in [2.05, 4.69) is 9.97 Å². The molecule has 4 nitrogen and oxygen atoms in total. The number of ether oxygens (including phenoxy) is 1. The molecule has 2 aromatic carbocycles. The SMILES string of the molecule is COc1ccc(-c2nc3cc(Cl)c(Cl)cc3[nH]2)cc1O. The molecule has 1 heterocycles. The number of aromatic nitrogens is 2. The van der Waals surface area contributed by atoms with Crippen LogP contribution in [0, 0.1) is 0 Å². The Bertz CT molecular complexity index is 760. The fourth-order valence-electron chi connectivity index (χ4n) is 1.98. The number of rotatable bonds is 2. The minimum absolute atomic E-state index is 0.0570. The molecular formula is C14H10Cl2N2O2. The van der Waals surface area contributed by atoms with Crippen LogP contribution in [0.3, 0.4) is 0 Å². The van der Waals surface area contributed by atoms with E-state index in [1.165, 1.54) is 7.11 Å². The molecule has 0 aliphatic heterocycles. The van der Waals surface area contributed by atoms with Crippen LogP contribution >= 0.6 is 23.2 Å². The number of halogens is 2. The fraction of sp³-hybridized carbons (Fsp3) is 0.0714. The number of nitrogens with one attached hydrogen (secondary N) is 1. The third-order valence-corrected chi connectivity index (χ3v) is 3.70. The van der Waals surface area contributed by atoms with Crippen molar-refractivity contribution in [1.29, 1.82) is 0 Å². The molecule has 102 valence electrons. The first-order valence-electron chi connectivity index (χ1n) is 5.80. The molecule has 0 amide bonds. The molecule has 0 bridgehead atoms. The number of aromatic hydroxyl groups is 1. The summed E-state index contributed by atoms with van der Waals surface area (Å²) in [5.74, 6) is 1.09. The minimum Gasteiger partial charge on any atom is -0.504 e. The van der Waals surface area contributed by atoms with Gasteiger partial charge in [-0.3, -0.25) is 0 Å². The molecule has 0 fully saturated rings. The lowest BCUT2D eigenvalue weighted by Crippen LogP contribution is -1.85. The normalized spacial score (nSPS) is 10.9. The maximum absolute atomic E-state index is 9.81. The van der Waals surface area contributed by atoms with Crippen molar-refractivity contribution in [2.75, 3.05) is 7.11 Å². The second-order valence-electron chi connectivity index (χ2n) is 4.26. The number of phenols is 1. The van der Waals surface area contributed by atoms with Gasteiger partial charge in [-0.1, -0.05) is 23.2 Å². The zero-order valence-corrected chi connectivity index (χ0v) is 12.0. The molecular weight excluding hydrogens is 299 g/mol. The summed E-state index contributed by atoms with van der Waals surface area (Å²) >= 11 is 11.9. The molecule has 0 radical (unpaired) electrons. The summed E-state index contributed by atoms with van der Waals surface area (Å²) in [5, 5.41) is 10.7. The van der Waals surface area contributed by atoms with Crippen molar-refractivity contribution in [3.05, 3.63) is 40.4 Å². The second-order valence-corrected chi connectivity index (χ2v) is 5.07. The quantitative estimate of drug-likeness (QED) is 0.744. The lowest BCUT2D eigenvalue weighted by molar-refractivity contribution is 0.373. The van der Waals surface area contributed by atoms with Gasteiger partial charge in [0.1, 0.15) is 5.82 Å². The molecule has 3 aromatic rings. The highest BCUT2D eigenvalue weighted by atomic mass is 35.5. The average Bonchev–Trinajstić information content (AvgIpc) is 2.82. The van der Waals surface area contributed by atoms with Gasteiger partial charge in [-0.2, -0.15) is 0 Å². The summed E-state index contributed by atoms with van der Waals surface area (Å²) in [5.41, 5.74) is 2.24. The Balaban J connectivity index is 2.12. The molecule has 0 saturated carbocycles. The number of H-pyrrole nitrogens is 1. The Morgan fingerprint density at radius 3 is 2.60 bits per heavy atom. The van der Waals surface area contributed by atoms with E-state index in [0.29, 0.717) is 27.1 Å². The fourth-order valence-corrected chi connectivity index (χ4v) is 2.30. The van der Waals surface area contributed by atoms with Gasteiger partial charge < -0.3 is 14.8 Å². The van der Waals surface area contributed by atoms with Crippen molar-refractivity contribution < 1.29 is 9.84 Å². The summed E-state index contributed by atoms with van der Waals surface area (Å²) in [6.07, 6.45) is 0. The molecule has 20 heavy (non-hydrogen) atoms. The zero-order chi connectivity index (χ0) is 14.3. The van der Waals surface area contributed by atoms with E-state index in [-0.39, 0.29) is 5.75 Å². The van der Waals surface area contributed by atoms with Crippen LogP contribution in [-0.2, 0) is 0 Å². The number of benzene rings is 2. The Labute approximate surface area is 124 Å². The number of hydrogen-bond acceptors (Lipinski definition) is 3. The number of nitrogens with zero attached hydrogens (tertiary/aromatic N) is 1. The van der Waals surface area contributed by atoms with Crippen molar-refractivity contribution in [1.82, 2.24) is 9.97 Å². The summed E-state index contributed by atoms with van der Waals surface area (Å²) < 4.78 is 5.01. The van der Waals surface area contributed by atoms with Crippen LogP contribution in [0.15, 0.2) is 30.3 Å². The molecule has 0 saturated heterocycles. The van der Waals surface area contributed by atoms with Gasteiger partial charge in [-0.05, 0) is 30.3 Å². The first-order chi connectivity index (χ1) is 9.58. The van der Waals surface area contributed by atoms with Gasteiger partial charge in [0.05, 0.1) is 28.2 Å². The number of hydrogen-bond donors (Lipinski definition) is 2. The molecule has 6 heteroatoms. The lowest BCUT2D eigenvalue weighted by atomic mass is 10.2. The Morgan fingerprint density at radius 2 is 1.90 bits per heavy atom. The van der Waals surface area contributed by atoms with Gasteiger partial charge >= 0.3 is 0 Å². The summed E-state index contributed by atoms with van der Waals surface area (Å²) in [7, 11) is 1.50. The summed E-state index contributed by atoms with van der Waals surface area (Å²) in [6, 6.07) is 8.48. The third-order valence-electron chi connectivity index (χ3n) is 2.98. The maximum atomic E-state index is 9.81. The Morgan fingerprint density at radius 1 is 1.15 bits per heavy atom. The number of aromatic amines is 1. The van der Waals surface area contributed by atoms with E-state index in [0.717, 1.165) is 11.1 Å². The smallest absolute Gasteiger partial charge is 0.160 e. The second kappa shape index (κ2) is 4.89. The highest BCUT2D eigenvalue weighted by molar-refractivity contribution is 6.42. The van der Waals surface area contributed by atoms with E-state index < -0.39 is 0 Å². The highest BCUT2D eigenvalue weighted by Crippen LogP contribution is 2.32. The number of phenolic OH excluding ortho intramolecular Hbond substituents is 1. The molecule has 0 atom stereocenters. The number of fused-ring (bicyclic) bond motifs is 1. The Kier molecular flexibility index (Phi) is 3.20. The molecule has 0 spiro atoms. The Hall–Kier alpha value is -1.91. The van der Waals surface area contributed by atoms with Crippen molar-refractivity contribution in [2.24, 2.45) is 0 Å². The molecule has 0 unspecified atom stereocenters. The predicted molar refractivity (Wildman–Crippen MR) is 79.8 cm³/mol. The van der Waals surface area contributed by atoms with Crippen LogP contribution in [0.1, 0.15) is 0 Å². The van der Waals surface area contributed by atoms with Gasteiger partial charge in [0, 0.05) is 5.56 Å². The lowest BCUT2D eigenvalue weighted by Gasteiger charge is -2.04. The number of imidazole rings is 1. The zero-order valence-electron chi connectivity index (χ0n) is 10.4. The van der Waals surface area contributed by atoms with Crippen LogP contribution in [0.5, 0.6) is 11.5 Å². The third kappa shape index (κ3) is 2.17. The molecule has 2 N–H and O–H groups in total. The molecule has 0 aliphatic rings. The molecule has 0 aliphatic carbocycles. The minimum atomic E-state index is 0.0570. The van der Waals surface area contributed by atoms with Crippen LogP contribution in [0.2, 0.25) is 10.0 Å². The van der Waals surface area contributed by atoms with E-state index in [9.17, 15) is 5.11 Å². The van der Waals surface area contributed by atoms with Crippen molar-refractivity contribution >= 4 is 34.2 Å². The summed E-state index contributed by atoms with van der Waals surface area (Å²) in [4.78, 5) is 7.57. The van der Waals surface area contributed by atoms with E-state index in [4.69, 9.17) is 27.9 Å². The largest absolute Gasteiger partial charge is 0.504 e. The first kappa shape index (κ1) is 13.1. The van der Waals surface area contributed by atoms with Crippen molar-refractivity contribution in [3.63, 3.8) is 0 Å². The predicted octanol–water partition coefficient (Wildman–Crippen LogP) is 4.25. The van der Waals surface area contributed by atoms with Crippen LogP contribution in [0.25, 0.3) is 22.4 Å². The van der Waals surface area contributed by atoms with Gasteiger partial charge in [-0.15, -0.1) is 0 Å². The van der Waals surface area contributed by atoms with Gasteiger partial charge in [0.25, 0.3) is 0 Å². The maximum Gasteiger partial charge on any atom is 0.160 e. The highest BCUT2D eigenvalue weighted by Gasteiger charge is 2.10. The summed E-state index contributed by atoms with van der Waals surface area (Å²) in [6.45, 7) is 0. The van der Waals surface area contributed by atoms with Gasteiger partial charge in [0.15, 0.2) is 11.5 Å². The molecule has 1 aromatic heterocycles. The average molecular weight is 309 g/mol. The van der Waals surface area contributed by atoms with Crippen LogP contribution in [-0.4, -0.2) is 22.2 Å².